The molecule has 0 amide bonds. The van der Waals surface area contributed by atoms with Crippen molar-refractivity contribution in [1.82, 2.24) is 4.98 Å². The molecule has 1 fully saturated rings. The van der Waals surface area contributed by atoms with Crippen LogP contribution < -0.4 is 0 Å². The standard InChI is InChI=1S/C24H26ClNO4S/c1-2-5-18-15-31(28,29)23-14-30-22(24(18)23)10-8-17(21-6-3-4-11-26-21)12-16-7-9-19(27)13-20(16)25/h3-4,6-7,9,11-13,22-23,27H,2,5,8,10,14-15H2,1H3/b17-12-/t22-,23+/m1/s1. The molecule has 3 heterocycles. The molecule has 2 aliphatic rings. The molecule has 0 spiro atoms. The van der Waals surface area contributed by atoms with Crippen molar-refractivity contribution < 1.29 is 18.3 Å². The van der Waals surface area contributed by atoms with Crippen molar-refractivity contribution in [2.45, 2.75) is 44.0 Å². The van der Waals surface area contributed by atoms with Gasteiger partial charge in [0.1, 0.15) is 11.0 Å². The van der Waals surface area contributed by atoms with E-state index in [9.17, 15) is 13.5 Å². The summed E-state index contributed by atoms with van der Waals surface area (Å²) in [7, 11) is -3.14. The number of nitrogens with zero attached hydrogens (tertiary/aromatic N) is 1. The Labute approximate surface area is 188 Å². The van der Waals surface area contributed by atoms with Crippen molar-refractivity contribution in [3.05, 3.63) is 70.0 Å². The Morgan fingerprint density at radius 2 is 2.16 bits per heavy atom. The van der Waals surface area contributed by atoms with Gasteiger partial charge in [0.05, 0.1) is 29.2 Å². The van der Waals surface area contributed by atoms with Gasteiger partial charge in [0.15, 0.2) is 9.84 Å². The second-order valence-electron chi connectivity index (χ2n) is 8.06. The number of sulfone groups is 1. The Kier molecular flexibility index (Phi) is 6.51. The normalized spacial score (nSPS) is 22.7. The Hall–Kier alpha value is -2.15. The van der Waals surface area contributed by atoms with E-state index in [0.29, 0.717) is 17.9 Å². The maximum Gasteiger partial charge on any atom is 0.163 e. The third kappa shape index (κ3) is 4.71. The minimum absolute atomic E-state index is 0.116. The lowest BCUT2D eigenvalue weighted by Crippen LogP contribution is -2.19. The Morgan fingerprint density at radius 1 is 1.32 bits per heavy atom. The highest BCUT2D eigenvalue weighted by atomic mass is 35.5. The van der Waals surface area contributed by atoms with Crippen molar-refractivity contribution >= 4 is 33.1 Å². The van der Waals surface area contributed by atoms with E-state index < -0.39 is 15.1 Å². The zero-order valence-corrected chi connectivity index (χ0v) is 19.0. The van der Waals surface area contributed by atoms with Crippen molar-refractivity contribution in [1.29, 1.82) is 0 Å². The molecule has 1 N–H and O–H groups in total. The predicted octanol–water partition coefficient (Wildman–Crippen LogP) is 5.05. The fourth-order valence-corrected chi connectivity index (χ4v) is 6.68. The molecule has 0 saturated carbocycles. The largest absolute Gasteiger partial charge is 0.508 e. The molecule has 2 aromatic rings. The topological polar surface area (TPSA) is 76.5 Å². The van der Waals surface area contributed by atoms with Crippen LogP contribution in [-0.2, 0) is 14.6 Å². The Balaban J connectivity index is 1.61. The number of rotatable bonds is 7. The van der Waals surface area contributed by atoms with Crippen molar-refractivity contribution in [2.24, 2.45) is 0 Å². The summed E-state index contributed by atoms with van der Waals surface area (Å²) in [5.41, 5.74) is 4.64. The second-order valence-corrected chi connectivity index (χ2v) is 10.6. The average Bonchev–Trinajstić information content (AvgIpc) is 3.27. The number of aromatic nitrogens is 1. The van der Waals surface area contributed by atoms with Crippen LogP contribution in [0, 0.1) is 0 Å². The van der Waals surface area contributed by atoms with E-state index in [0.717, 1.165) is 40.8 Å². The Bertz CT molecular complexity index is 1130. The van der Waals surface area contributed by atoms with Crippen LogP contribution in [-0.4, -0.2) is 42.2 Å². The molecule has 0 radical (unpaired) electrons. The maximum atomic E-state index is 12.6. The zero-order chi connectivity index (χ0) is 22.0. The van der Waals surface area contributed by atoms with E-state index in [1.807, 2.05) is 24.3 Å². The molecule has 7 heteroatoms. The predicted molar refractivity (Wildman–Crippen MR) is 124 cm³/mol. The molecule has 1 saturated heterocycles. The highest BCUT2D eigenvalue weighted by Gasteiger charge is 2.46. The summed E-state index contributed by atoms with van der Waals surface area (Å²) in [5, 5.41) is 9.63. The number of hydrogen-bond acceptors (Lipinski definition) is 5. The SMILES string of the molecule is CCCC1=C2[C@@H](CC/C(=C/c3ccc(O)cc3Cl)c3ccccn3)OC[C@@H]2S(=O)(=O)C1. The molecular formula is C24H26ClNO4S. The van der Waals surface area contributed by atoms with E-state index in [1.165, 1.54) is 6.07 Å². The maximum absolute atomic E-state index is 12.6. The zero-order valence-electron chi connectivity index (χ0n) is 17.4. The minimum Gasteiger partial charge on any atom is -0.508 e. The van der Waals surface area contributed by atoms with Gasteiger partial charge in [-0.1, -0.05) is 36.6 Å². The molecule has 0 aliphatic carbocycles. The van der Waals surface area contributed by atoms with Gasteiger partial charge in [-0.3, -0.25) is 4.98 Å². The summed E-state index contributed by atoms with van der Waals surface area (Å²) < 4.78 is 31.1. The number of benzene rings is 1. The summed E-state index contributed by atoms with van der Waals surface area (Å²) in [6.45, 7) is 2.32. The van der Waals surface area contributed by atoms with Crippen molar-refractivity contribution in [3.63, 3.8) is 0 Å². The highest BCUT2D eigenvalue weighted by Crippen LogP contribution is 2.40. The first-order valence-electron chi connectivity index (χ1n) is 10.5. The summed E-state index contributed by atoms with van der Waals surface area (Å²) in [6.07, 6.45) is 6.59. The lowest BCUT2D eigenvalue weighted by molar-refractivity contribution is 0.118. The average molecular weight is 460 g/mol. The molecule has 5 nitrogen and oxygen atoms in total. The number of halogens is 1. The third-order valence-corrected chi connectivity index (χ3v) is 8.23. The number of aromatic hydroxyl groups is 1. The second kappa shape index (κ2) is 9.15. The number of allylic oxidation sites excluding steroid dienone is 1. The summed E-state index contributed by atoms with van der Waals surface area (Å²) in [4.78, 5) is 4.49. The van der Waals surface area contributed by atoms with Crippen LogP contribution in [0.1, 0.15) is 43.9 Å². The number of hydrogen-bond donors (Lipinski definition) is 1. The van der Waals surface area contributed by atoms with Gasteiger partial charge in [-0.15, -0.1) is 0 Å². The van der Waals surface area contributed by atoms with E-state index in [4.69, 9.17) is 16.3 Å². The van der Waals surface area contributed by atoms with Crippen LogP contribution in [0.2, 0.25) is 5.02 Å². The monoisotopic (exact) mass is 459 g/mol. The summed E-state index contributed by atoms with van der Waals surface area (Å²) in [5.74, 6) is 0.289. The molecular weight excluding hydrogens is 434 g/mol. The number of ether oxygens (including phenoxy) is 1. The summed E-state index contributed by atoms with van der Waals surface area (Å²) >= 11 is 6.32. The van der Waals surface area contributed by atoms with E-state index in [2.05, 4.69) is 11.9 Å². The highest BCUT2D eigenvalue weighted by molar-refractivity contribution is 7.92. The smallest absolute Gasteiger partial charge is 0.163 e. The van der Waals surface area contributed by atoms with Crippen LogP contribution in [0.4, 0.5) is 0 Å². The number of phenolic OH excluding ortho intramolecular Hbond substituents is 1. The lowest BCUT2D eigenvalue weighted by atomic mass is 9.94. The molecule has 31 heavy (non-hydrogen) atoms. The van der Waals surface area contributed by atoms with E-state index in [-0.39, 0.29) is 24.2 Å². The quantitative estimate of drug-likeness (QED) is 0.586. The van der Waals surface area contributed by atoms with Gasteiger partial charge in [-0.25, -0.2) is 8.42 Å². The van der Waals surface area contributed by atoms with Gasteiger partial charge < -0.3 is 9.84 Å². The van der Waals surface area contributed by atoms with E-state index >= 15 is 0 Å². The van der Waals surface area contributed by atoms with Crippen LogP contribution in [0.15, 0.2) is 53.7 Å². The first-order chi connectivity index (χ1) is 14.9. The van der Waals surface area contributed by atoms with Gasteiger partial charge >= 0.3 is 0 Å². The van der Waals surface area contributed by atoms with Gasteiger partial charge in [-0.05, 0) is 72.4 Å². The molecule has 4 rings (SSSR count). The fourth-order valence-electron chi connectivity index (χ4n) is 4.46. The van der Waals surface area contributed by atoms with Crippen molar-refractivity contribution in [3.8, 4) is 5.75 Å². The first kappa shape index (κ1) is 22.1. The molecule has 164 valence electrons. The molecule has 1 aromatic carbocycles. The fraction of sp³-hybridized carbons (Fsp3) is 0.375. The lowest BCUT2D eigenvalue weighted by Gasteiger charge is -2.15. The van der Waals surface area contributed by atoms with Crippen LogP contribution in [0.5, 0.6) is 5.75 Å². The first-order valence-corrected chi connectivity index (χ1v) is 12.6. The molecule has 0 unspecified atom stereocenters. The van der Waals surface area contributed by atoms with Crippen LogP contribution in [0.25, 0.3) is 11.6 Å². The number of pyridine rings is 1. The molecule has 0 bridgehead atoms. The minimum atomic E-state index is -3.14. The molecule has 2 aliphatic heterocycles. The van der Waals surface area contributed by atoms with Gasteiger partial charge in [0, 0.05) is 6.20 Å². The van der Waals surface area contributed by atoms with Gasteiger partial charge in [-0.2, -0.15) is 0 Å². The number of phenols is 1. The Morgan fingerprint density at radius 3 is 2.87 bits per heavy atom. The summed E-state index contributed by atoms with van der Waals surface area (Å²) in [6, 6.07) is 10.6. The van der Waals surface area contributed by atoms with Crippen LogP contribution >= 0.6 is 11.6 Å². The van der Waals surface area contributed by atoms with Gasteiger partial charge in [0.25, 0.3) is 0 Å². The molecule has 2 atom stereocenters. The van der Waals surface area contributed by atoms with Crippen LogP contribution in [0.3, 0.4) is 0 Å². The van der Waals surface area contributed by atoms with E-state index in [1.54, 1.807) is 18.3 Å². The van der Waals surface area contributed by atoms with Gasteiger partial charge in [0.2, 0.25) is 0 Å². The number of fused-ring (bicyclic) bond motifs is 1. The third-order valence-electron chi connectivity index (χ3n) is 5.90. The molecule has 1 aromatic heterocycles. The van der Waals surface area contributed by atoms with Crippen molar-refractivity contribution in [2.75, 3.05) is 12.4 Å².